The Morgan fingerprint density at radius 2 is 2.06 bits per heavy atom. The van der Waals surface area contributed by atoms with Crippen molar-refractivity contribution < 1.29 is 13.7 Å². The van der Waals surface area contributed by atoms with E-state index in [1.54, 1.807) is 30.1 Å². The predicted octanol–water partition coefficient (Wildman–Crippen LogP) is 3.02. The molecule has 0 bridgehead atoms. The summed E-state index contributed by atoms with van der Waals surface area (Å²) in [5.74, 6) is 2.26. The fourth-order valence-corrected chi connectivity index (χ4v) is 4.12. The summed E-state index contributed by atoms with van der Waals surface area (Å²) in [6, 6.07) is 11.0. The summed E-state index contributed by atoms with van der Waals surface area (Å²) in [7, 11) is 1.64. The van der Waals surface area contributed by atoms with E-state index in [2.05, 4.69) is 20.3 Å². The second kappa shape index (κ2) is 8.36. The van der Waals surface area contributed by atoms with Gasteiger partial charge < -0.3 is 13.7 Å². The minimum atomic E-state index is -0.0931. The lowest BCUT2D eigenvalue weighted by Crippen LogP contribution is -2.24. The average molecular weight is 438 g/mol. The molecule has 1 aromatic carbocycles. The number of hydrogen-bond donors (Lipinski definition) is 0. The van der Waals surface area contributed by atoms with Crippen LogP contribution in [0.4, 0.5) is 0 Å². The second-order valence-corrected chi connectivity index (χ2v) is 7.66. The summed E-state index contributed by atoms with van der Waals surface area (Å²) in [6.45, 7) is 1.04. The Morgan fingerprint density at radius 3 is 2.90 bits per heavy atom. The van der Waals surface area contributed by atoms with Gasteiger partial charge in [0.15, 0.2) is 16.7 Å². The van der Waals surface area contributed by atoms with Crippen LogP contribution in [0, 0.1) is 0 Å². The van der Waals surface area contributed by atoms with Gasteiger partial charge in [-0.1, -0.05) is 29.1 Å². The highest BCUT2D eigenvalue weighted by atomic mass is 32.2. The minimum absolute atomic E-state index is 0.0931. The smallest absolute Gasteiger partial charge is 0.293 e. The van der Waals surface area contributed by atoms with Crippen LogP contribution in [0.25, 0.3) is 28.3 Å². The fourth-order valence-electron chi connectivity index (χ4n) is 3.34. The molecular formula is C20H18N6O4S. The summed E-state index contributed by atoms with van der Waals surface area (Å²) >= 11 is 1.41. The molecule has 158 valence electrons. The summed E-state index contributed by atoms with van der Waals surface area (Å²) in [5, 5.41) is 13.9. The van der Waals surface area contributed by atoms with Gasteiger partial charge in [-0.3, -0.25) is 13.8 Å². The molecule has 0 saturated heterocycles. The largest absolute Gasteiger partial charge is 0.459 e. The maximum absolute atomic E-state index is 13.0. The van der Waals surface area contributed by atoms with E-state index in [0.717, 1.165) is 5.52 Å². The Hall–Kier alpha value is -3.44. The van der Waals surface area contributed by atoms with Crippen LogP contribution >= 0.6 is 11.8 Å². The maximum atomic E-state index is 13.0. The molecule has 4 aromatic heterocycles. The molecule has 0 N–H and O–H groups in total. The predicted molar refractivity (Wildman–Crippen MR) is 113 cm³/mol. The van der Waals surface area contributed by atoms with Crippen LogP contribution in [0.1, 0.15) is 12.2 Å². The van der Waals surface area contributed by atoms with E-state index in [1.165, 1.54) is 11.8 Å². The fraction of sp³-hybridized carbons (Fsp3) is 0.250. The van der Waals surface area contributed by atoms with Crippen LogP contribution < -0.4 is 5.56 Å². The molecule has 0 radical (unpaired) electrons. The average Bonchev–Trinajstić information content (AvgIpc) is 3.55. The number of thioether (sulfide) groups is 1. The van der Waals surface area contributed by atoms with Crippen LogP contribution in [0.2, 0.25) is 0 Å². The first-order valence-corrected chi connectivity index (χ1v) is 10.6. The van der Waals surface area contributed by atoms with Crippen molar-refractivity contribution in [2.45, 2.75) is 23.9 Å². The Kier molecular flexibility index (Phi) is 5.26. The molecular weight excluding hydrogens is 420 g/mol. The van der Waals surface area contributed by atoms with Crippen molar-refractivity contribution in [2.24, 2.45) is 0 Å². The highest BCUT2D eigenvalue weighted by Crippen LogP contribution is 2.25. The molecule has 0 unspecified atom stereocenters. The van der Waals surface area contributed by atoms with Crippen LogP contribution in [0.3, 0.4) is 0 Å². The monoisotopic (exact) mass is 438 g/mol. The second-order valence-electron chi connectivity index (χ2n) is 6.72. The van der Waals surface area contributed by atoms with Crippen LogP contribution in [0.15, 0.2) is 61.6 Å². The van der Waals surface area contributed by atoms with E-state index in [4.69, 9.17) is 13.7 Å². The molecule has 0 aliphatic rings. The molecule has 5 rings (SSSR count). The Labute approximate surface area is 179 Å². The minimum Gasteiger partial charge on any atom is -0.459 e. The molecule has 0 amide bonds. The van der Waals surface area contributed by atoms with Crippen LogP contribution in [-0.2, 0) is 17.0 Å². The molecule has 0 atom stereocenters. The van der Waals surface area contributed by atoms with Gasteiger partial charge in [-0.25, -0.2) is 0 Å². The van der Waals surface area contributed by atoms with E-state index in [-0.39, 0.29) is 5.56 Å². The summed E-state index contributed by atoms with van der Waals surface area (Å²) in [6.07, 6.45) is 2.24. The van der Waals surface area contributed by atoms with Crippen molar-refractivity contribution in [1.82, 2.24) is 29.3 Å². The summed E-state index contributed by atoms with van der Waals surface area (Å²) in [4.78, 5) is 17.4. The van der Waals surface area contributed by atoms with Gasteiger partial charge in [0.25, 0.3) is 11.4 Å². The number of ether oxygens (including phenoxy) is 1. The topological polar surface area (TPSA) is 113 Å². The first-order chi connectivity index (χ1) is 15.3. The first kappa shape index (κ1) is 19.5. The van der Waals surface area contributed by atoms with Gasteiger partial charge >= 0.3 is 0 Å². The lowest BCUT2D eigenvalue weighted by atomic mass is 10.2. The SMILES string of the molecule is COCCCn1c(=O)c2ccccc2n2c(SCc3noc(-c4ccco4)n3)nnc12. The quantitative estimate of drug-likeness (QED) is 0.266. The van der Waals surface area contributed by atoms with Crippen molar-refractivity contribution in [3.8, 4) is 11.7 Å². The van der Waals surface area contributed by atoms with E-state index >= 15 is 0 Å². The van der Waals surface area contributed by atoms with Gasteiger partial charge in [0.05, 0.1) is 22.9 Å². The molecule has 0 aliphatic carbocycles. The molecule has 4 heterocycles. The lowest BCUT2D eigenvalue weighted by molar-refractivity contribution is 0.190. The number of aromatic nitrogens is 6. The molecule has 0 spiro atoms. The van der Waals surface area contributed by atoms with Gasteiger partial charge in [0.2, 0.25) is 5.78 Å². The molecule has 0 fully saturated rings. The molecule has 10 nitrogen and oxygen atoms in total. The van der Waals surface area contributed by atoms with Crippen molar-refractivity contribution >= 4 is 28.4 Å². The molecule has 0 saturated carbocycles. The van der Waals surface area contributed by atoms with Crippen molar-refractivity contribution in [1.29, 1.82) is 0 Å². The first-order valence-electron chi connectivity index (χ1n) is 9.61. The number of benzene rings is 1. The van der Waals surface area contributed by atoms with E-state index in [0.29, 0.717) is 59.1 Å². The van der Waals surface area contributed by atoms with Gasteiger partial charge in [-0.05, 0) is 30.7 Å². The zero-order valence-corrected chi connectivity index (χ0v) is 17.4. The molecule has 31 heavy (non-hydrogen) atoms. The molecule has 11 heteroatoms. The highest BCUT2D eigenvalue weighted by molar-refractivity contribution is 7.98. The standard InChI is InChI=1S/C20H18N6O4S/c1-28-10-5-9-25-18(27)13-6-2-3-7-14(13)26-19(25)22-23-20(26)31-12-16-21-17(30-24-16)15-8-4-11-29-15/h2-4,6-8,11H,5,9-10,12H2,1H3. The highest BCUT2D eigenvalue weighted by Gasteiger charge is 2.18. The van der Waals surface area contributed by atoms with Crippen molar-refractivity contribution in [2.75, 3.05) is 13.7 Å². The van der Waals surface area contributed by atoms with E-state index in [1.807, 2.05) is 28.7 Å². The van der Waals surface area contributed by atoms with Crippen LogP contribution in [-0.4, -0.2) is 43.0 Å². The van der Waals surface area contributed by atoms with E-state index < -0.39 is 0 Å². The van der Waals surface area contributed by atoms with Gasteiger partial charge in [0, 0.05) is 20.3 Å². The van der Waals surface area contributed by atoms with Gasteiger partial charge in [-0.2, -0.15) is 4.98 Å². The zero-order chi connectivity index (χ0) is 21.2. The number of fused-ring (bicyclic) bond motifs is 3. The van der Waals surface area contributed by atoms with Crippen molar-refractivity contribution in [3.05, 3.63) is 58.8 Å². The third-order valence-corrected chi connectivity index (χ3v) is 5.66. The summed E-state index contributed by atoms with van der Waals surface area (Å²) in [5.41, 5.74) is 0.659. The number of methoxy groups -OCH3 is 1. The lowest BCUT2D eigenvalue weighted by Gasteiger charge is -2.10. The number of para-hydroxylation sites is 1. The van der Waals surface area contributed by atoms with Crippen LogP contribution in [0.5, 0.6) is 0 Å². The number of aryl methyl sites for hydroxylation is 1. The van der Waals surface area contributed by atoms with E-state index in [9.17, 15) is 4.79 Å². The maximum Gasteiger partial charge on any atom is 0.293 e. The molecule has 0 aliphatic heterocycles. The zero-order valence-electron chi connectivity index (χ0n) is 16.6. The number of hydrogen-bond acceptors (Lipinski definition) is 9. The third-order valence-electron chi connectivity index (χ3n) is 4.74. The Balaban J connectivity index is 1.50. The number of rotatable bonds is 8. The van der Waals surface area contributed by atoms with Crippen molar-refractivity contribution in [3.63, 3.8) is 0 Å². The number of furan rings is 1. The Morgan fingerprint density at radius 1 is 1.16 bits per heavy atom. The van der Waals surface area contributed by atoms with Gasteiger partial charge in [0.1, 0.15) is 0 Å². The van der Waals surface area contributed by atoms with Gasteiger partial charge in [-0.15, -0.1) is 10.2 Å². The Bertz CT molecular complexity index is 1390. The summed E-state index contributed by atoms with van der Waals surface area (Å²) < 4.78 is 19.2. The third kappa shape index (κ3) is 3.62. The normalized spacial score (nSPS) is 11.6. The molecule has 5 aromatic rings. The number of nitrogens with zero attached hydrogens (tertiary/aromatic N) is 6.